The summed E-state index contributed by atoms with van der Waals surface area (Å²) in [4.78, 5) is 16.9. The van der Waals surface area contributed by atoms with Crippen LogP contribution in [0, 0.1) is 0 Å². The minimum absolute atomic E-state index is 0.272. The number of fused-ring (bicyclic) bond motifs is 1. The molecule has 1 saturated heterocycles. The summed E-state index contributed by atoms with van der Waals surface area (Å²) in [6.07, 6.45) is 0.969. The van der Waals surface area contributed by atoms with Crippen LogP contribution in [0.25, 0.3) is 11.0 Å². The van der Waals surface area contributed by atoms with Gasteiger partial charge in [0.15, 0.2) is 0 Å². The number of halogens is 1. The molecule has 1 aromatic heterocycles. The quantitative estimate of drug-likeness (QED) is 0.601. The van der Waals surface area contributed by atoms with Gasteiger partial charge in [0, 0.05) is 55.7 Å². The Morgan fingerprint density at radius 1 is 0.929 bits per heavy atom. The van der Waals surface area contributed by atoms with Crippen molar-refractivity contribution in [2.45, 2.75) is 26.4 Å². The fourth-order valence-corrected chi connectivity index (χ4v) is 4.08. The summed E-state index contributed by atoms with van der Waals surface area (Å²) in [5.74, 6) is 0. The first-order chi connectivity index (χ1) is 13.6. The van der Waals surface area contributed by atoms with Crippen molar-refractivity contribution in [1.82, 2.24) is 9.80 Å². The highest BCUT2D eigenvalue weighted by molar-refractivity contribution is 6.30. The molecular weight excluding hydrogens is 372 g/mol. The molecule has 1 fully saturated rings. The number of piperazine rings is 1. The van der Waals surface area contributed by atoms with Gasteiger partial charge in [-0.05, 0) is 47.4 Å². The third-order valence-corrected chi connectivity index (χ3v) is 5.69. The molecule has 2 aromatic carbocycles. The second-order valence-corrected chi connectivity index (χ2v) is 7.89. The van der Waals surface area contributed by atoms with E-state index in [2.05, 4.69) is 28.9 Å². The summed E-state index contributed by atoms with van der Waals surface area (Å²) in [5.41, 5.74) is 3.98. The maximum absolute atomic E-state index is 12.0. The molecule has 0 atom stereocenters. The molecular formula is C23H25ClN2O2. The molecule has 0 bridgehead atoms. The Morgan fingerprint density at radius 2 is 1.68 bits per heavy atom. The van der Waals surface area contributed by atoms with Crippen LogP contribution in [0.1, 0.15) is 23.6 Å². The molecule has 3 aromatic rings. The summed E-state index contributed by atoms with van der Waals surface area (Å²) in [6, 6.07) is 15.8. The SMILES string of the molecule is CCc1ccc2oc(=O)cc(CN3CCN(Cc4cccc(Cl)c4)CC3)c2c1. The standard InChI is InChI=1S/C23H25ClN2O2/c1-2-17-6-7-22-21(13-17)19(14-23(27)28-22)16-26-10-8-25(9-11-26)15-18-4-3-5-20(24)12-18/h3-7,12-14H,2,8-11,15-16H2,1H3. The highest BCUT2D eigenvalue weighted by Gasteiger charge is 2.18. The molecule has 4 nitrogen and oxygen atoms in total. The van der Waals surface area contributed by atoms with Gasteiger partial charge in [-0.25, -0.2) is 4.79 Å². The minimum Gasteiger partial charge on any atom is -0.423 e. The number of rotatable bonds is 5. The lowest BCUT2D eigenvalue weighted by atomic mass is 10.0. The highest BCUT2D eigenvalue weighted by Crippen LogP contribution is 2.21. The fourth-order valence-electron chi connectivity index (χ4n) is 3.87. The molecule has 0 N–H and O–H groups in total. The molecule has 28 heavy (non-hydrogen) atoms. The Balaban J connectivity index is 1.44. The second kappa shape index (κ2) is 8.48. The lowest BCUT2D eigenvalue weighted by Crippen LogP contribution is -2.45. The predicted octanol–water partition coefficient (Wildman–Crippen LogP) is 4.33. The van der Waals surface area contributed by atoms with Gasteiger partial charge in [-0.1, -0.05) is 36.7 Å². The van der Waals surface area contributed by atoms with E-state index in [1.807, 2.05) is 30.3 Å². The van der Waals surface area contributed by atoms with Gasteiger partial charge in [0.1, 0.15) is 5.58 Å². The largest absolute Gasteiger partial charge is 0.423 e. The van der Waals surface area contributed by atoms with Crippen LogP contribution in [0.4, 0.5) is 0 Å². The van der Waals surface area contributed by atoms with E-state index in [0.29, 0.717) is 5.58 Å². The zero-order valence-electron chi connectivity index (χ0n) is 16.2. The maximum atomic E-state index is 12.0. The van der Waals surface area contributed by atoms with Gasteiger partial charge >= 0.3 is 5.63 Å². The summed E-state index contributed by atoms with van der Waals surface area (Å²) < 4.78 is 5.39. The first-order valence-corrected chi connectivity index (χ1v) is 10.2. The smallest absolute Gasteiger partial charge is 0.336 e. The van der Waals surface area contributed by atoms with Crippen molar-refractivity contribution in [3.63, 3.8) is 0 Å². The third kappa shape index (κ3) is 4.46. The van der Waals surface area contributed by atoms with Crippen LogP contribution in [-0.2, 0) is 19.5 Å². The number of benzene rings is 2. The van der Waals surface area contributed by atoms with Gasteiger partial charge in [-0.3, -0.25) is 9.80 Å². The molecule has 4 rings (SSSR count). The van der Waals surface area contributed by atoms with Crippen LogP contribution < -0.4 is 5.63 Å². The van der Waals surface area contributed by atoms with Crippen LogP contribution >= 0.6 is 11.6 Å². The van der Waals surface area contributed by atoms with E-state index in [1.165, 1.54) is 11.1 Å². The topological polar surface area (TPSA) is 36.7 Å². The summed E-state index contributed by atoms with van der Waals surface area (Å²) in [6.45, 7) is 7.81. The van der Waals surface area contributed by atoms with Crippen LogP contribution in [0.3, 0.4) is 0 Å². The van der Waals surface area contributed by atoms with E-state index in [9.17, 15) is 4.79 Å². The average Bonchev–Trinajstić information content (AvgIpc) is 2.69. The van der Waals surface area contributed by atoms with Crippen molar-refractivity contribution in [3.05, 3.63) is 80.7 Å². The van der Waals surface area contributed by atoms with Gasteiger partial charge in [0.25, 0.3) is 0 Å². The van der Waals surface area contributed by atoms with Crippen LogP contribution in [0.5, 0.6) is 0 Å². The maximum Gasteiger partial charge on any atom is 0.336 e. The molecule has 146 valence electrons. The van der Waals surface area contributed by atoms with Gasteiger partial charge in [-0.2, -0.15) is 0 Å². The molecule has 1 aliphatic rings. The number of aryl methyl sites for hydroxylation is 1. The first-order valence-electron chi connectivity index (χ1n) is 9.85. The molecule has 0 saturated carbocycles. The molecule has 0 amide bonds. The first kappa shape index (κ1) is 19.2. The van der Waals surface area contributed by atoms with Crippen LogP contribution in [-0.4, -0.2) is 36.0 Å². The van der Waals surface area contributed by atoms with Crippen LogP contribution in [0.2, 0.25) is 5.02 Å². The Labute approximate surface area is 170 Å². The van der Waals surface area contributed by atoms with Crippen molar-refractivity contribution in [1.29, 1.82) is 0 Å². The zero-order chi connectivity index (χ0) is 19.5. The van der Waals surface area contributed by atoms with Gasteiger partial charge in [-0.15, -0.1) is 0 Å². The van der Waals surface area contributed by atoms with Gasteiger partial charge < -0.3 is 4.42 Å². The summed E-state index contributed by atoms with van der Waals surface area (Å²) in [7, 11) is 0. The Kier molecular flexibility index (Phi) is 5.81. The third-order valence-electron chi connectivity index (χ3n) is 5.45. The lowest BCUT2D eigenvalue weighted by molar-refractivity contribution is 0.122. The van der Waals surface area contributed by atoms with Crippen molar-refractivity contribution < 1.29 is 4.42 Å². The molecule has 2 heterocycles. The highest BCUT2D eigenvalue weighted by atomic mass is 35.5. The molecule has 0 spiro atoms. The molecule has 5 heteroatoms. The number of hydrogen-bond donors (Lipinski definition) is 0. The Morgan fingerprint density at radius 3 is 2.39 bits per heavy atom. The molecule has 0 radical (unpaired) electrons. The van der Waals surface area contributed by atoms with Crippen molar-refractivity contribution in [2.24, 2.45) is 0 Å². The van der Waals surface area contributed by atoms with E-state index in [4.69, 9.17) is 16.0 Å². The molecule has 0 aliphatic carbocycles. The summed E-state index contributed by atoms with van der Waals surface area (Å²) >= 11 is 6.10. The minimum atomic E-state index is -0.272. The lowest BCUT2D eigenvalue weighted by Gasteiger charge is -2.34. The van der Waals surface area contributed by atoms with Crippen molar-refractivity contribution in [3.8, 4) is 0 Å². The van der Waals surface area contributed by atoms with Gasteiger partial charge in [0.2, 0.25) is 0 Å². The fraction of sp³-hybridized carbons (Fsp3) is 0.348. The zero-order valence-corrected chi connectivity index (χ0v) is 16.9. The van der Waals surface area contributed by atoms with Crippen molar-refractivity contribution in [2.75, 3.05) is 26.2 Å². The number of hydrogen-bond acceptors (Lipinski definition) is 4. The van der Waals surface area contributed by atoms with E-state index in [-0.39, 0.29) is 5.63 Å². The Bertz CT molecular complexity index is 1020. The number of nitrogens with zero attached hydrogens (tertiary/aromatic N) is 2. The van der Waals surface area contributed by atoms with E-state index < -0.39 is 0 Å². The molecule has 0 unspecified atom stereocenters. The monoisotopic (exact) mass is 396 g/mol. The van der Waals surface area contributed by atoms with E-state index in [0.717, 1.165) is 61.7 Å². The summed E-state index contributed by atoms with van der Waals surface area (Å²) in [5, 5.41) is 1.85. The Hall–Kier alpha value is -2.14. The predicted molar refractivity (Wildman–Crippen MR) is 114 cm³/mol. The normalized spacial score (nSPS) is 15.9. The van der Waals surface area contributed by atoms with E-state index >= 15 is 0 Å². The van der Waals surface area contributed by atoms with Crippen molar-refractivity contribution >= 4 is 22.6 Å². The average molecular weight is 397 g/mol. The van der Waals surface area contributed by atoms with Crippen LogP contribution in [0.15, 0.2) is 57.7 Å². The van der Waals surface area contributed by atoms with E-state index in [1.54, 1.807) is 6.07 Å². The van der Waals surface area contributed by atoms with Gasteiger partial charge in [0.05, 0.1) is 0 Å². The molecule has 1 aliphatic heterocycles. The second-order valence-electron chi connectivity index (χ2n) is 7.46.